The number of hydrogen-bond acceptors (Lipinski definition) is 5. The molecule has 0 spiro atoms. The normalized spacial score (nSPS) is 26.1. The number of fused-ring (bicyclic) bond motifs is 1. The summed E-state index contributed by atoms with van der Waals surface area (Å²) >= 11 is 0. The number of carbonyl (C=O) groups is 1. The van der Waals surface area contributed by atoms with Crippen molar-refractivity contribution in [3.8, 4) is 5.75 Å². The second-order valence-electron chi connectivity index (χ2n) is 7.54. The third-order valence-electron chi connectivity index (χ3n) is 4.44. The van der Waals surface area contributed by atoms with Crippen molar-refractivity contribution in [2.75, 3.05) is 13.1 Å². The molecule has 6 heteroatoms. The second-order valence-corrected chi connectivity index (χ2v) is 7.54. The van der Waals surface area contributed by atoms with Crippen LogP contribution >= 0.6 is 0 Å². The number of pyridine rings is 1. The third kappa shape index (κ3) is 3.58. The summed E-state index contributed by atoms with van der Waals surface area (Å²) in [6, 6.07) is 3.87. The summed E-state index contributed by atoms with van der Waals surface area (Å²) < 4.78 is 5.41. The highest BCUT2D eigenvalue weighted by Crippen LogP contribution is 2.46. The van der Waals surface area contributed by atoms with Crippen LogP contribution in [0.4, 0.5) is 4.79 Å². The first-order valence-corrected chi connectivity index (χ1v) is 8.11. The fourth-order valence-corrected chi connectivity index (χ4v) is 3.25. The van der Waals surface area contributed by atoms with E-state index in [4.69, 9.17) is 4.74 Å². The quantitative estimate of drug-likeness (QED) is 0.892. The molecule has 1 amide bonds. The van der Waals surface area contributed by atoms with Crippen LogP contribution in [-0.4, -0.2) is 45.8 Å². The Morgan fingerprint density at radius 2 is 2.04 bits per heavy atom. The van der Waals surface area contributed by atoms with E-state index in [2.05, 4.69) is 10.3 Å². The molecule has 2 aliphatic rings. The van der Waals surface area contributed by atoms with E-state index in [1.807, 2.05) is 27.7 Å². The van der Waals surface area contributed by atoms with Crippen LogP contribution in [0.2, 0.25) is 0 Å². The molecule has 126 valence electrons. The lowest BCUT2D eigenvalue weighted by molar-refractivity contribution is 0.0269. The lowest BCUT2D eigenvalue weighted by Crippen LogP contribution is -2.39. The Balaban J connectivity index is 1.47. The molecule has 1 saturated heterocycles. The van der Waals surface area contributed by atoms with Crippen molar-refractivity contribution < 1.29 is 14.6 Å². The van der Waals surface area contributed by atoms with Gasteiger partial charge in [-0.05, 0) is 51.7 Å². The van der Waals surface area contributed by atoms with Gasteiger partial charge in [0.25, 0.3) is 0 Å². The third-order valence-corrected chi connectivity index (χ3v) is 4.44. The largest absolute Gasteiger partial charge is 0.506 e. The number of aromatic hydroxyl groups is 1. The molecule has 1 aromatic heterocycles. The van der Waals surface area contributed by atoms with Crippen LogP contribution < -0.4 is 5.32 Å². The van der Waals surface area contributed by atoms with Gasteiger partial charge in [-0.1, -0.05) is 0 Å². The fraction of sp³-hybridized carbons (Fsp3) is 0.647. The molecule has 2 N–H and O–H groups in total. The number of amides is 1. The number of aryl methyl sites for hydroxylation is 1. The van der Waals surface area contributed by atoms with Crippen molar-refractivity contribution >= 4 is 6.09 Å². The van der Waals surface area contributed by atoms with Crippen LogP contribution in [0.15, 0.2) is 12.1 Å². The molecule has 0 radical (unpaired) electrons. The average Bonchev–Trinajstić information content (AvgIpc) is 2.89. The minimum atomic E-state index is -0.449. The summed E-state index contributed by atoms with van der Waals surface area (Å²) in [5.41, 5.74) is 1.13. The standard InChI is InChI=1S/C17H25N3O3/c1-10-5-6-14(21)13(19-10)7-18-15-11-8-20(9-12(11)15)16(22)23-17(2,3)4/h5-6,11-12,15,18,21H,7-9H2,1-4H3. The number of aromatic nitrogens is 1. The van der Waals surface area contributed by atoms with Crippen molar-refractivity contribution in [3.63, 3.8) is 0 Å². The molecule has 6 nitrogen and oxygen atoms in total. The van der Waals surface area contributed by atoms with E-state index < -0.39 is 5.60 Å². The number of rotatable bonds is 3. The van der Waals surface area contributed by atoms with Gasteiger partial charge in [0.15, 0.2) is 0 Å². The zero-order chi connectivity index (χ0) is 16.8. The highest BCUT2D eigenvalue weighted by atomic mass is 16.6. The van der Waals surface area contributed by atoms with Gasteiger partial charge in [-0.3, -0.25) is 4.98 Å². The molecule has 2 heterocycles. The summed E-state index contributed by atoms with van der Waals surface area (Å²) in [5.74, 6) is 1.19. The highest BCUT2D eigenvalue weighted by Gasteiger charge is 2.56. The van der Waals surface area contributed by atoms with Crippen LogP contribution in [0.3, 0.4) is 0 Å². The maximum atomic E-state index is 12.0. The molecule has 3 rings (SSSR count). The van der Waals surface area contributed by atoms with Crippen molar-refractivity contribution in [1.82, 2.24) is 15.2 Å². The van der Waals surface area contributed by atoms with Gasteiger partial charge in [-0.15, -0.1) is 0 Å². The molecule has 0 aromatic carbocycles. The summed E-state index contributed by atoms with van der Waals surface area (Å²) in [7, 11) is 0. The average molecular weight is 319 g/mol. The van der Waals surface area contributed by atoms with E-state index in [1.165, 1.54) is 0 Å². The predicted octanol–water partition coefficient (Wildman–Crippen LogP) is 2.05. The number of nitrogens with one attached hydrogen (secondary N) is 1. The minimum Gasteiger partial charge on any atom is -0.506 e. The summed E-state index contributed by atoms with van der Waals surface area (Å²) in [4.78, 5) is 18.2. The van der Waals surface area contributed by atoms with Gasteiger partial charge in [-0.2, -0.15) is 0 Å². The van der Waals surface area contributed by atoms with Gasteiger partial charge in [-0.25, -0.2) is 4.79 Å². The Morgan fingerprint density at radius 1 is 1.39 bits per heavy atom. The molecule has 2 unspecified atom stereocenters. The van der Waals surface area contributed by atoms with E-state index in [0.717, 1.165) is 18.8 Å². The van der Waals surface area contributed by atoms with Gasteiger partial charge >= 0.3 is 6.09 Å². The number of carbonyl (C=O) groups excluding carboxylic acids is 1. The number of likely N-dealkylation sites (tertiary alicyclic amines) is 1. The molecule has 1 saturated carbocycles. The van der Waals surface area contributed by atoms with Crippen molar-refractivity contribution in [2.45, 2.75) is 45.9 Å². The molecule has 2 fully saturated rings. The van der Waals surface area contributed by atoms with Gasteiger partial charge in [0.2, 0.25) is 0 Å². The molecule has 1 aliphatic heterocycles. The predicted molar refractivity (Wildman–Crippen MR) is 86.1 cm³/mol. The van der Waals surface area contributed by atoms with Crippen molar-refractivity contribution in [3.05, 3.63) is 23.5 Å². The number of ether oxygens (including phenoxy) is 1. The molecule has 1 aliphatic carbocycles. The summed E-state index contributed by atoms with van der Waals surface area (Å²) in [5, 5.41) is 13.3. The molecule has 0 bridgehead atoms. The van der Waals surface area contributed by atoms with Crippen LogP contribution in [0.25, 0.3) is 0 Å². The summed E-state index contributed by atoms with van der Waals surface area (Å²) in [6.45, 7) is 9.59. The molecular formula is C17H25N3O3. The van der Waals surface area contributed by atoms with Crippen LogP contribution in [0, 0.1) is 18.8 Å². The smallest absolute Gasteiger partial charge is 0.410 e. The van der Waals surface area contributed by atoms with Crippen LogP contribution in [-0.2, 0) is 11.3 Å². The van der Waals surface area contributed by atoms with E-state index in [0.29, 0.717) is 30.1 Å². The first-order valence-electron chi connectivity index (χ1n) is 8.11. The Labute approximate surface area is 136 Å². The van der Waals surface area contributed by atoms with E-state index in [9.17, 15) is 9.90 Å². The zero-order valence-electron chi connectivity index (χ0n) is 14.2. The van der Waals surface area contributed by atoms with E-state index >= 15 is 0 Å². The van der Waals surface area contributed by atoms with E-state index in [-0.39, 0.29) is 11.8 Å². The lowest BCUT2D eigenvalue weighted by Gasteiger charge is -2.26. The van der Waals surface area contributed by atoms with Gasteiger partial charge in [0, 0.05) is 31.4 Å². The Hall–Kier alpha value is -1.82. The van der Waals surface area contributed by atoms with Crippen molar-refractivity contribution in [1.29, 1.82) is 0 Å². The molecule has 23 heavy (non-hydrogen) atoms. The van der Waals surface area contributed by atoms with Crippen LogP contribution in [0.5, 0.6) is 5.75 Å². The first-order chi connectivity index (χ1) is 10.7. The number of hydrogen-bond donors (Lipinski definition) is 2. The lowest BCUT2D eigenvalue weighted by atomic mass is 10.2. The minimum absolute atomic E-state index is 0.221. The van der Waals surface area contributed by atoms with Crippen molar-refractivity contribution in [2.24, 2.45) is 11.8 Å². The highest BCUT2D eigenvalue weighted by molar-refractivity contribution is 5.69. The topological polar surface area (TPSA) is 74.7 Å². The number of piperidine rings is 1. The van der Waals surface area contributed by atoms with Gasteiger partial charge in [0.1, 0.15) is 11.4 Å². The SMILES string of the molecule is Cc1ccc(O)c(CNC2C3CN(C(=O)OC(C)(C)C)CC32)n1. The van der Waals surface area contributed by atoms with Gasteiger partial charge < -0.3 is 20.1 Å². The summed E-state index contributed by atoms with van der Waals surface area (Å²) in [6.07, 6.45) is -0.221. The monoisotopic (exact) mass is 319 g/mol. The molecule has 1 aromatic rings. The fourth-order valence-electron chi connectivity index (χ4n) is 3.25. The second kappa shape index (κ2) is 5.67. The van der Waals surface area contributed by atoms with E-state index in [1.54, 1.807) is 17.0 Å². The Morgan fingerprint density at radius 3 is 2.65 bits per heavy atom. The maximum Gasteiger partial charge on any atom is 0.410 e. The molecule has 2 atom stereocenters. The Bertz CT molecular complexity index is 600. The number of nitrogens with zero attached hydrogens (tertiary/aromatic N) is 2. The molecular weight excluding hydrogens is 294 g/mol. The maximum absolute atomic E-state index is 12.0. The Kier molecular flexibility index (Phi) is 3.96. The van der Waals surface area contributed by atoms with Crippen LogP contribution in [0.1, 0.15) is 32.2 Å². The van der Waals surface area contributed by atoms with Gasteiger partial charge in [0.05, 0.1) is 5.69 Å². The first kappa shape index (κ1) is 16.1. The zero-order valence-corrected chi connectivity index (χ0v) is 14.2.